The predicted octanol–water partition coefficient (Wildman–Crippen LogP) is 4.45. The molecule has 0 aliphatic rings. The third kappa shape index (κ3) is 3.50. The van der Waals surface area contributed by atoms with Crippen LogP contribution in [0, 0.1) is 0 Å². The SMILES string of the molecule is O=S(=O)(Nc1cc(-c2ccccc2)no1)c1cc(Cl)ccc1Cl. The number of anilines is 1. The van der Waals surface area contributed by atoms with E-state index in [1.54, 1.807) is 0 Å². The molecule has 23 heavy (non-hydrogen) atoms. The van der Waals surface area contributed by atoms with Crippen molar-refractivity contribution in [3.8, 4) is 11.3 Å². The number of nitrogens with zero attached hydrogens (tertiary/aromatic N) is 1. The van der Waals surface area contributed by atoms with Crippen LogP contribution in [0.5, 0.6) is 0 Å². The van der Waals surface area contributed by atoms with Gasteiger partial charge in [0, 0.05) is 16.7 Å². The van der Waals surface area contributed by atoms with Crippen molar-refractivity contribution in [2.45, 2.75) is 4.90 Å². The molecule has 0 aliphatic heterocycles. The van der Waals surface area contributed by atoms with Crippen LogP contribution in [0.3, 0.4) is 0 Å². The van der Waals surface area contributed by atoms with Gasteiger partial charge in [-0.05, 0) is 18.2 Å². The molecule has 1 N–H and O–H groups in total. The molecular formula is C15H10Cl2N2O3S. The third-order valence-corrected chi connectivity index (χ3v) is 5.06. The van der Waals surface area contributed by atoms with Crippen LogP contribution in [-0.2, 0) is 10.0 Å². The van der Waals surface area contributed by atoms with Crippen molar-refractivity contribution in [3.05, 3.63) is 64.6 Å². The zero-order valence-electron chi connectivity index (χ0n) is 11.5. The molecule has 2 aromatic carbocycles. The molecule has 118 valence electrons. The fourth-order valence-electron chi connectivity index (χ4n) is 1.94. The predicted molar refractivity (Wildman–Crippen MR) is 89.2 cm³/mol. The molecule has 1 heterocycles. The summed E-state index contributed by atoms with van der Waals surface area (Å²) in [4.78, 5) is -0.135. The highest BCUT2D eigenvalue weighted by molar-refractivity contribution is 7.92. The lowest BCUT2D eigenvalue weighted by atomic mass is 10.2. The van der Waals surface area contributed by atoms with Crippen LogP contribution in [-0.4, -0.2) is 13.6 Å². The van der Waals surface area contributed by atoms with E-state index in [0.29, 0.717) is 5.69 Å². The zero-order valence-corrected chi connectivity index (χ0v) is 13.9. The van der Waals surface area contributed by atoms with Crippen molar-refractivity contribution in [3.63, 3.8) is 0 Å². The number of sulfonamides is 1. The van der Waals surface area contributed by atoms with Gasteiger partial charge in [0.1, 0.15) is 10.6 Å². The van der Waals surface area contributed by atoms with E-state index in [1.165, 1.54) is 24.3 Å². The Labute approximate surface area is 142 Å². The van der Waals surface area contributed by atoms with Crippen LogP contribution in [0.25, 0.3) is 11.3 Å². The van der Waals surface area contributed by atoms with Gasteiger partial charge in [-0.15, -0.1) is 0 Å². The quantitative estimate of drug-likeness (QED) is 0.738. The molecular weight excluding hydrogens is 359 g/mol. The summed E-state index contributed by atoms with van der Waals surface area (Å²) in [6.45, 7) is 0. The number of hydrogen-bond donors (Lipinski definition) is 1. The zero-order chi connectivity index (χ0) is 16.4. The molecule has 0 radical (unpaired) electrons. The van der Waals surface area contributed by atoms with E-state index in [2.05, 4.69) is 9.88 Å². The Morgan fingerprint density at radius 3 is 2.48 bits per heavy atom. The summed E-state index contributed by atoms with van der Waals surface area (Å²) in [6.07, 6.45) is 0. The molecule has 5 nitrogen and oxygen atoms in total. The van der Waals surface area contributed by atoms with Gasteiger partial charge in [0.05, 0.1) is 5.02 Å². The summed E-state index contributed by atoms with van der Waals surface area (Å²) >= 11 is 11.7. The number of rotatable bonds is 4. The number of benzene rings is 2. The van der Waals surface area contributed by atoms with E-state index in [1.807, 2.05) is 30.3 Å². The van der Waals surface area contributed by atoms with Gasteiger partial charge in [-0.2, -0.15) is 0 Å². The van der Waals surface area contributed by atoms with Gasteiger partial charge in [-0.25, -0.2) is 13.1 Å². The second-order valence-electron chi connectivity index (χ2n) is 4.62. The van der Waals surface area contributed by atoms with Gasteiger partial charge in [0.2, 0.25) is 5.88 Å². The second-order valence-corrected chi connectivity index (χ2v) is 7.12. The van der Waals surface area contributed by atoms with Gasteiger partial charge in [-0.3, -0.25) is 0 Å². The average molecular weight is 369 g/mol. The van der Waals surface area contributed by atoms with Crippen LogP contribution in [0.1, 0.15) is 0 Å². The minimum Gasteiger partial charge on any atom is -0.337 e. The highest BCUT2D eigenvalue weighted by Gasteiger charge is 2.21. The van der Waals surface area contributed by atoms with Crippen LogP contribution in [0.15, 0.2) is 64.0 Å². The fourth-order valence-corrected chi connectivity index (χ4v) is 3.68. The molecule has 3 aromatic rings. The summed E-state index contributed by atoms with van der Waals surface area (Å²) in [6, 6.07) is 14.9. The third-order valence-electron chi connectivity index (χ3n) is 3.00. The summed E-state index contributed by atoms with van der Waals surface area (Å²) in [5.41, 5.74) is 1.32. The van der Waals surface area contributed by atoms with Crippen molar-refractivity contribution < 1.29 is 12.9 Å². The lowest BCUT2D eigenvalue weighted by Crippen LogP contribution is -2.13. The Kier molecular flexibility index (Phi) is 4.30. The first-order valence-electron chi connectivity index (χ1n) is 6.46. The number of aromatic nitrogens is 1. The molecule has 0 fully saturated rings. The van der Waals surface area contributed by atoms with Gasteiger partial charge >= 0.3 is 0 Å². The highest BCUT2D eigenvalue weighted by atomic mass is 35.5. The maximum Gasteiger partial charge on any atom is 0.265 e. The maximum atomic E-state index is 12.4. The van der Waals surface area contributed by atoms with Crippen molar-refractivity contribution in [2.24, 2.45) is 0 Å². The standard InChI is InChI=1S/C15H10Cl2N2O3S/c16-11-6-7-12(17)14(8-11)23(20,21)19-15-9-13(18-22-15)10-4-2-1-3-5-10/h1-9,19H. The first-order valence-corrected chi connectivity index (χ1v) is 8.70. The Hall–Kier alpha value is -2.02. The van der Waals surface area contributed by atoms with Crippen LogP contribution >= 0.6 is 23.2 Å². The minimum absolute atomic E-state index is 0.0140. The van der Waals surface area contributed by atoms with E-state index in [4.69, 9.17) is 27.7 Å². The number of nitrogens with one attached hydrogen (secondary N) is 1. The smallest absolute Gasteiger partial charge is 0.265 e. The van der Waals surface area contributed by atoms with Gasteiger partial charge < -0.3 is 4.52 Å². The highest BCUT2D eigenvalue weighted by Crippen LogP contribution is 2.28. The molecule has 0 unspecified atom stereocenters. The summed E-state index contributed by atoms with van der Waals surface area (Å²) in [5.74, 6) is -0.0140. The van der Waals surface area contributed by atoms with Crippen molar-refractivity contribution >= 4 is 39.1 Å². The molecule has 0 atom stereocenters. The molecule has 0 amide bonds. The summed E-state index contributed by atoms with van der Waals surface area (Å²) < 4.78 is 32.1. The molecule has 3 rings (SSSR count). The molecule has 8 heteroatoms. The summed E-state index contributed by atoms with van der Waals surface area (Å²) in [7, 11) is -3.94. The van der Waals surface area contributed by atoms with E-state index in [9.17, 15) is 8.42 Å². The average Bonchev–Trinajstić information content (AvgIpc) is 2.98. The number of halogens is 2. The first-order chi connectivity index (χ1) is 11.0. The van der Waals surface area contributed by atoms with Crippen molar-refractivity contribution in [1.82, 2.24) is 5.16 Å². The minimum atomic E-state index is -3.94. The van der Waals surface area contributed by atoms with Gasteiger partial charge in [-0.1, -0.05) is 58.7 Å². The van der Waals surface area contributed by atoms with Crippen LogP contribution in [0.4, 0.5) is 5.88 Å². The largest absolute Gasteiger partial charge is 0.337 e. The Balaban J connectivity index is 1.90. The molecule has 1 aromatic heterocycles. The molecule has 0 aliphatic carbocycles. The van der Waals surface area contributed by atoms with Crippen molar-refractivity contribution in [1.29, 1.82) is 0 Å². The van der Waals surface area contributed by atoms with Gasteiger partial charge in [0.25, 0.3) is 10.0 Å². The molecule has 0 spiro atoms. The van der Waals surface area contributed by atoms with Crippen LogP contribution < -0.4 is 4.72 Å². The monoisotopic (exact) mass is 368 g/mol. The summed E-state index contributed by atoms with van der Waals surface area (Å²) in [5, 5.41) is 4.16. The number of hydrogen-bond acceptors (Lipinski definition) is 4. The van der Waals surface area contributed by atoms with E-state index < -0.39 is 10.0 Å². The molecule has 0 saturated heterocycles. The van der Waals surface area contributed by atoms with Crippen LogP contribution in [0.2, 0.25) is 10.0 Å². The van der Waals surface area contributed by atoms with E-state index >= 15 is 0 Å². The molecule has 0 saturated carbocycles. The Bertz CT molecular complexity index is 940. The Morgan fingerprint density at radius 1 is 1.00 bits per heavy atom. The normalized spacial score (nSPS) is 11.4. The van der Waals surface area contributed by atoms with Crippen molar-refractivity contribution in [2.75, 3.05) is 4.72 Å². The van der Waals surface area contributed by atoms with Gasteiger partial charge in [0.15, 0.2) is 0 Å². The fraction of sp³-hybridized carbons (Fsp3) is 0. The van der Waals surface area contributed by atoms with E-state index in [-0.39, 0.29) is 20.8 Å². The molecule has 0 bridgehead atoms. The first kappa shape index (κ1) is 15.9. The second kappa shape index (κ2) is 6.23. The van der Waals surface area contributed by atoms with E-state index in [0.717, 1.165) is 5.56 Å². The maximum absolute atomic E-state index is 12.4. The lowest BCUT2D eigenvalue weighted by Gasteiger charge is -2.06. The lowest BCUT2D eigenvalue weighted by molar-refractivity contribution is 0.438. The topological polar surface area (TPSA) is 72.2 Å². The Morgan fingerprint density at radius 2 is 1.74 bits per heavy atom.